The minimum atomic E-state index is -1.10. The standard InChI is InChI=1S/C17H13NO3S/c19-16(13-6-1-2-7-14(13)17(20)21)18-9-11-10-22-15-8-4-3-5-12(11)15/h1-8,10H,9H2,(H,18,19)(H,20,21). The highest BCUT2D eigenvalue weighted by Crippen LogP contribution is 2.25. The largest absolute Gasteiger partial charge is 0.478 e. The number of amides is 1. The zero-order valence-electron chi connectivity index (χ0n) is 11.6. The van der Waals surface area contributed by atoms with Crippen molar-refractivity contribution < 1.29 is 14.7 Å². The lowest BCUT2D eigenvalue weighted by Crippen LogP contribution is -2.24. The van der Waals surface area contributed by atoms with Crippen LogP contribution >= 0.6 is 11.3 Å². The van der Waals surface area contributed by atoms with Crippen LogP contribution in [0.5, 0.6) is 0 Å². The molecule has 2 aromatic carbocycles. The maximum atomic E-state index is 12.2. The molecule has 4 nitrogen and oxygen atoms in total. The van der Waals surface area contributed by atoms with E-state index in [1.165, 1.54) is 12.1 Å². The summed E-state index contributed by atoms with van der Waals surface area (Å²) in [5.41, 5.74) is 1.21. The van der Waals surface area contributed by atoms with Crippen LogP contribution in [0.25, 0.3) is 10.1 Å². The normalized spacial score (nSPS) is 10.5. The molecule has 0 bridgehead atoms. The molecule has 0 spiro atoms. The lowest BCUT2D eigenvalue weighted by molar-refractivity contribution is 0.0691. The molecule has 1 amide bonds. The first-order valence-electron chi connectivity index (χ1n) is 6.72. The molecule has 0 radical (unpaired) electrons. The Kier molecular flexibility index (Phi) is 3.89. The molecule has 0 fully saturated rings. The van der Waals surface area contributed by atoms with Gasteiger partial charge in [0.2, 0.25) is 0 Å². The Hall–Kier alpha value is -2.66. The first kappa shape index (κ1) is 14.3. The lowest BCUT2D eigenvalue weighted by Gasteiger charge is -2.07. The van der Waals surface area contributed by atoms with Gasteiger partial charge in [-0.2, -0.15) is 0 Å². The first-order valence-corrected chi connectivity index (χ1v) is 7.60. The number of benzene rings is 2. The van der Waals surface area contributed by atoms with Gasteiger partial charge < -0.3 is 10.4 Å². The van der Waals surface area contributed by atoms with Crippen LogP contribution in [0, 0.1) is 0 Å². The molecule has 5 heteroatoms. The van der Waals surface area contributed by atoms with Crippen LogP contribution in [-0.4, -0.2) is 17.0 Å². The second-order valence-electron chi connectivity index (χ2n) is 4.79. The van der Waals surface area contributed by atoms with Crippen LogP contribution in [0.15, 0.2) is 53.9 Å². The Morgan fingerprint density at radius 1 is 1.00 bits per heavy atom. The summed E-state index contributed by atoms with van der Waals surface area (Å²) in [6.07, 6.45) is 0. The fourth-order valence-corrected chi connectivity index (χ4v) is 3.27. The molecule has 1 heterocycles. The molecule has 3 aromatic rings. The number of hydrogen-bond donors (Lipinski definition) is 2. The third-order valence-corrected chi connectivity index (χ3v) is 4.41. The number of carboxylic acids is 1. The molecular formula is C17H13NO3S. The van der Waals surface area contributed by atoms with Gasteiger partial charge in [-0.05, 0) is 34.5 Å². The van der Waals surface area contributed by atoms with E-state index < -0.39 is 5.97 Å². The lowest BCUT2D eigenvalue weighted by atomic mass is 10.1. The molecule has 0 aliphatic rings. The highest BCUT2D eigenvalue weighted by Gasteiger charge is 2.15. The average molecular weight is 311 g/mol. The van der Waals surface area contributed by atoms with E-state index >= 15 is 0 Å². The summed E-state index contributed by atoms with van der Waals surface area (Å²) in [4.78, 5) is 23.4. The Bertz CT molecular complexity index is 854. The zero-order chi connectivity index (χ0) is 15.5. The van der Waals surface area contributed by atoms with Gasteiger partial charge >= 0.3 is 5.97 Å². The molecule has 0 unspecified atom stereocenters. The first-order chi connectivity index (χ1) is 10.7. The maximum absolute atomic E-state index is 12.2. The SMILES string of the molecule is O=C(O)c1ccccc1C(=O)NCc1csc2ccccc12. The predicted octanol–water partition coefficient (Wildman–Crippen LogP) is 3.53. The fourth-order valence-electron chi connectivity index (χ4n) is 2.31. The van der Waals surface area contributed by atoms with Crippen molar-refractivity contribution in [2.45, 2.75) is 6.54 Å². The molecule has 3 rings (SSSR count). The minimum Gasteiger partial charge on any atom is -0.478 e. The van der Waals surface area contributed by atoms with E-state index in [4.69, 9.17) is 5.11 Å². The summed E-state index contributed by atoms with van der Waals surface area (Å²) in [6, 6.07) is 14.2. The number of aromatic carboxylic acids is 1. The van der Waals surface area contributed by atoms with Gasteiger partial charge in [-0.25, -0.2) is 4.79 Å². The van der Waals surface area contributed by atoms with E-state index in [1.807, 2.05) is 29.6 Å². The summed E-state index contributed by atoms with van der Waals surface area (Å²) in [7, 11) is 0. The van der Waals surface area contributed by atoms with Crippen molar-refractivity contribution in [3.63, 3.8) is 0 Å². The van der Waals surface area contributed by atoms with Gasteiger partial charge in [0.1, 0.15) is 0 Å². The van der Waals surface area contributed by atoms with Gasteiger partial charge in [0, 0.05) is 11.2 Å². The third kappa shape index (κ3) is 2.71. The Labute approximate surface area is 131 Å². The number of rotatable bonds is 4. The Morgan fingerprint density at radius 2 is 1.68 bits per heavy atom. The van der Waals surface area contributed by atoms with Crippen molar-refractivity contribution in [2.75, 3.05) is 0 Å². The second-order valence-corrected chi connectivity index (χ2v) is 5.70. The number of fused-ring (bicyclic) bond motifs is 1. The molecule has 110 valence electrons. The van der Waals surface area contributed by atoms with Crippen LogP contribution in [0.4, 0.5) is 0 Å². The maximum Gasteiger partial charge on any atom is 0.336 e. The number of nitrogens with one attached hydrogen (secondary N) is 1. The number of carbonyl (C=O) groups is 2. The molecule has 0 saturated heterocycles. The zero-order valence-corrected chi connectivity index (χ0v) is 12.4. The van der Waals surface area contributed by atoms with Crippen LogP contribution in [0.2, 0.25) is 0 Å². The van der Waals surface area contributed by atoms with Crippen molar-refractivity contribution in [1.82, 2.24) is 5.32 Å². The smallest absolute Gasteiger partial charge is 0.336 e. The third-order valence-electron chi connectivity index (χ3n) is 3.40. The summed E-state index contributed by atoms with van der Waals surface area (Å²) < 4.78 is 1.16. The van der Waals surface area contributed by atoms with E-state index in [-0.39, 0.29) is 17.0 Å². The Balaban J connectivity index is 1.80. The predicted molar refractivity (Wildman–Crippen MR) is 86.4 cm³/mol. The molecule has 0 aliphatic carbocycles. The summed E-state index contributed by atoms with van der Waals surface area (Å²) in [6.45, 7) is 0.372. The summed E-state index contributed by atoms with van der Waals surface area (Å²) >= 11 is 1.62. The van der Waals surface area contributed by atoms with Crippen molar-refractivity contribution in [3.05, 3.63) is 70.6 Å². The molecule has 1 aromatic heterocycles. The van der Waals surface area contributed by atoms with Crippen molar-refractivity contribution >= 4 is 33.3 Å². The van der Waals surface area contributed by atoms with Crippen LogP contribution in [0.1, 0.15) is 26.3 Å². The van der Waals surface area contributed by atoms with Gasteiger partial charge in [0.25, 0.3) is 5.91 Å². The van der Waals surface area contributed by atoms with Crippen molar-refractivity contribution in [3.8, 4) is 0 Å². The highest BCUT2D eigenvalue weighted by molar-refractivity contribution is 7.17. The molecule has 22 heavy (non-hydrogen) atoms. The Morgan fingerprint density at radius 3 is 2.45 bits per heavy atom. The molecule has 0 atom stereocenters. The fraction of sp³-hybridized carbons (Fsp3) is 0.0588. The van der Waals surface area contributed by atoms with Gasteiger partial charge in [-0.1, -0.05) is 30.3 Å². The monoisotopic (exact) mass is 311 g/mol. The number of hydrogen-bond acceptors (Lipinski definition) is 3. The van der Waals surface area contributed by atoms with Crippen LogP contribution in [0.3, 0.4) is 0 Å². The van der Waals surface area contributed by atoms with E-state index in [1.54, 1.807) is 23.5 Å². The van der Waals surface area contributed by atoms with Crippen molar-refractivity contribution in [1.29, 1.82) is 0 Å². The number of thiophene rings is 1. The number of carboxylic acid groups (broad SMARTS) is 1. The van der Waals surface area contributed by atoms with E-state index in [9.17, 15) is 9.59 Å². The quantitative estimate of drug-likeness (QED) is 0.774. The minimum absolute atomic E-state index is 0.00942. The van der Waals surface area contributed by atoms with Gasteiger partial charge in [0.05, 0.1) is 11.1 Å². The topological polar surface area (TPSA) is 66.4 Å². The van der Waals surface area contributed by atoms with Crippen LogP contribution < -0.4 is 5.32 Å². The van der Waals surface area contributed by atoms with E-state index in [0.29, 0.717) is 6.54 Å². The molecule has 0 aliphatic heterocycles. The highest BCUT2D eigenvalue weighted by atomic mass is 32.1. The summed E-state index contributed by atoms with van der Waals surface area (Å²) in [5.74, 6) is -1.49. The van der Waals surface area contributed by atoms with Gasteiger partial charge in [-0.3, -0.25) is 4.79 Å². The van der Waals surface area contributed by atoms with Crippen molar-refractivity contribution in [2.24, 2.45) is 0 Å². The van der Waals surface area contributed by atoms with E-state index in [2.05, 4.69) is 5.32 Å². The van der Waals surface area contributed by atoms with Crippen LogP contribution in [-0.2, 0) is 6.54 Å². The molecular weight excluding hydrogens is 298 g/mol. The van der Waals surface area contributed by atoms with Gasteiger partial charge in [-0.15, -0.1) is 11.3 Å². The van der Waals surface area contributed by atoms with Gasteiger partial charge in [0.15, 0.2) is 0 Å². The summed E-state index contributed by atoms with van der Waals surface area (Å²) in [5, 5.41) is 15.0. The second kappa shape index (κ2) is 5.99. The van der Waals surface area contributed by atoms with E-state index in [0.717, 1.165) is 15.6 Å². The number of carbonyl (C=O) groups excluding carboxylic acids is 1. The average Bonchev–Trinajstić information content (AvgIpc) is 2.96. The molecule has 0 saturated carbocycles. The molecule has 2 N–H and O–H groups in total.